The zero-order chi connectivity index (χ0) is 9.72. The predicted octanol–water partition coefficient (Wildman–Crippen LogP) is 0.989. The van der Waals surface area contributed by atoms with E-state index in [2.05, 4.69) is 13.2 Å². The van der Waals surface area contributed by atoms with Gasteiger partial charge in [0.2, 0.25) is 0 Å². The molecule has 0 aliphatic carbocycles. The summed E-state index contributed by atoms with van der Waals surface area (Å²) in [6, 6.07) is -0.194. The normalized spacial score (nSPS) is 15.2. The van der Waals surface area contributed by atoms with Crippen molar-refractivity contribution in [2.75, 3.05) is 14.1 Å². The lowest BCUT2D eigenvalue weighted by atomic mass is 9.99. The Morgan fingerprint density at radius 1 is 1.42 bits per heavy atom. The van der Waals surface area contributed by atoms with E-state index in [0.717, 1.165) is 0 Å². The smallest absolute Gasteiger partial charge is 0.312 e. The number of carboxylic acids is 1. The summed E-state index contributed by atoms with van der Waals surface area (Å²) in [6.07, 6.45) is 3.04. The lowest BCUT2D eigenvalue weighted by molar-refractivity contribution is -0.141. The lowest BCUT2D eigenvalue weighted by Crippen LogP contribution is -2.36. The van der Waals surface area contributed by atoms with Gasteiger partial charge in [-0.15, -0.1) is 13.2 Å². The van der Waals surface area contributed by atoms with Gasteiger partial charge in [0.15, 0.2) is 0 Å². The van der Waals surface area contributed by atoms with Crippen LogP contribution in [0.5, 0.6) is 0 Å². The van der Waals surface area contributed by atoms with Crippen molar-refractivity contribution in [2.45, 2.75) is 6.04 Å². The third-order valence-electron chi connectivity index (χ3n) is 1.74. The summed E-state index contributed by atoms with van der Waals surface area (Å²) in [5, 5.41) is 8.78. The summed E-state index contributed by atoms with van der Waals surface area (Å²) in [5.41, 5.74) is 0. The van der Waals surface area contributed by atoms with E-state index in [9.17, 15) is 4.79 Å². The summed E-state index contributed by atoms with van der Waals surface area (Å²) in [5.74, 6) is -1.46. The van der Waals surface area contributed by atoms with Crippen LogP contribution in [0, 0.1) is 5.92 Å². The maximum atomic E-state index is 10.7. The van der Waals surface area contributed by atoms with Gasteiger partial charge in [-0.3, -0.25) is 4.79 Å². The molecule has 0 spiro atoms. The van der Waals surface area contributed by atoms with Crippen LogP contribution < -0.4 is 0 Å². The van der Waals surface area contributed by atoms with E-state index >= 15 is 0 Å². The molecule has 3 nitrogen and oxygen atoms in total. The third-order valence-corrected chi connectivity index (χ3v) is 1.74. The first-order valence-electron chi connectivity index (χ1n) is 3.69. The molecule has 0 aliphatic heterocycles. The Kier molecular flexibility index (Phi) is 4.29. The average molecular weight is 169 g/mol. The Bertz CT molecular complexity index is 187. The molecule has 3 heteroatoms. The molecule has 0 amide bonds. The highest BCUT2D eigenvalue weighted by molar-refractivity contribution is 5.73. The highest BCUT2D eigenvalue weighted by Gasteiger charge is 2.23. The molecule has 0 radical (unpaired) electrons. The van der Waals surface area contributed by atoms with E-state index in [1.165, 1.54) is 6.08 Å². The van der Waals surface area contributed by atoms with Crippen LogP contribution in [0.2, 0.25) is 0 Å². The zero-order valence-electron chi connectivity index (χ0n) is 7.53. The second-order valence-corrected chi connectivity index (χ2v) is 2.79. The molecule has 1 N–H and O–H groups in total. The molecular weight excluding hydrogens is 154 g/mol. The van der Waals surface area contributed by atoms with Crippen LogP contribution >= 0.6 is 0 Å². The van der Waals surface area contributed by atoms with Crippen molar-refractivity contribution in [3.8, 4) is 0 Å². The quantitative estimate of drug-likeness (QED) is 0.624. The molecule has 2 unspecified atom stereocenters. The van der Waals surface area contributed by atoms with E-state index in [1.54, 1.807) is 11.0 Å². The van der Waals surface area contributed by atoms with Crippen molar-refractivity contribution in [3.63, 3.8) is 0 Å². The molecule has 0 bridgehead atoms. The summed E-state index contributed by atoms with van der Waals surface area (Å²) in [7, 11) is 3.62. The SMILES string of the molecule is C=CC(C(=O)O)C(C=C)N(C)C. The van der Waals surface area contributed by atoms with Gasteiger partial charge in [-0.1, -0.05) is 12.2 Å². The van der Waals surface area contributed by atoms with Gasteiger partial charge >= 0.3 is 5.97 Å². The number of nitrogens with zero attached hydrogens (tertiary/aromatic N) is 1. The Balaban J connectivity index is 4.54. The number of carboxylic acid groups (broad SMARTS) is 1. The molecule has 0 aromatic heterocycles. The highest BCUT2D eigenvalue weighted by atomic mass is 16.4. The second-order valence-electron chi connectivity index (χ2n) is 2.79. The number of carbonyl (C=O) groups is 1. The Labute approximate surface area is 73.0 Å². The monoisotopic (exact) mass is 169 g/mol. The van der Waals surface area contributed by atoms with Gasteiger partial charge in [-0.25, -0.2) is 0 Å². The fourth-order valence-electron chi connectivity index (χ4n) is 1.06. The molecule has 0 saturated carbocycles. The zero-order valence-corrected chi connectivity index (χ0v) is 7.53. The van der Waals surface area contributed by atoms with Crippen molar-refractivity contribution in [2.24, 2.45) is 5.92 Å². The van der Waals surface area contributed by atoms with Crippen molar-refractivity contribution < 1.29 is 9.90 Å². The van der Waals surface area contributed by atoms with Gasteiger partial charge in [0.05, 0.1) is 5.92 Å². The largest absolute Gasteiger partial charge is 0.481 e. The molecular formula is C9H15NO2. The van der Waals surface area contributed by atoms with E-state index in [-0.39, 0.29) is 6.04 Å². The molecule has 12 heavy (non-hydrogen) atoms. The Morgan fingerprint density at radius 3 is 2.00 bits per heavy atom. The van der Waals surface area contributed by atoms with Gasteiger partial charge in [-0.05, 0) is 14.1 Å². The third kappa shape index (κ3) is 2.51. The van der Waals surface area contributed by atoms with Gasteiger partial charge < -0.3 is 10.0 Å². The van der Waals surface area contributed by atoms with Crippen LogP contribution in [0.4, 0.5) is 0 Å². The number of likely N-dealkylation sites (N-methyl/N-ethyl adjacent to an activating group) is 1. The van der Waals surface area contributed by atoms with Crippen LogP contribution in [-0.2, 0) is 4.79 Å². The van der Waals surface area contributed by atoms with Crippen LogP contribution in [0.1, 0.15) is 0 Å². The topological polar surface area (TPSA) is 40.5 Å². The number of hydrogen-bond acceptors (Lipinski definition) is 2. The van der Waals surface area contributed by atoms with E-state index in [1.807, 2.05) is 14.1 Å². The number of rotatable bonds is 5. The van der Waals surface area contributed by atoms with Crippen LogP contribution in [0.3, 0.4) is 0 Å². The van der Waals surface area contributed by atoms with E-state index < -0.39 is 11.9 Å². The van der Waals surface area contributed by atoms with Crippen LogP contribution in [0.25, 0.3) is 0 Å². The standard InChI is InChI=1S/C9H15NO2/c1-5-7(9(11)12)8(6-2)10(3)4/h5-8H,1-2H2,3-4H3,(H,11,12). The summed E-state index contributed by atoms with van der Waals surface area (Å²) in [6.45, 7) is 7.06. The van der Waals surface area contributed by atoms with Crippen molar-refractivity contribution in [1.82, 2.24) is 4.90 Å². The summed E-state index contributed by atoms with van der Waals surface area (Å²) < 4.78 is 0. The molecule has 0 saturated heterocycles. The van der Waals surface area contributed by atoms with Crippen molar-refractivity contribution in [3.05, 3.63) is 25.3 Å². The summed E-state index contributed by atoms with van der Waals surface area (Å²) in [4.78, 5) is 12.5. The van der Waals surface area contributed by atoms with Crippen LogP contribution in [0.15, 0.2) is 25.3 Å². The molecule has 0 heterocycles. The van der Waals surface area contributed by atoms with Gasteiger partial charge in [-0.2, -0.15) is 0 Å². The molecule has 0 aromatic carbocycles. The number of aliphatic carboxylic acids is 1. The molecule has 0 aliphatic rings. The van der Waals surface area contributed by atoms with Gasteiger partial charge in [0, 0.05) is 6.04 Å². The first-order valence-corrected chi connectivity index (χ1v) is 3.69. The maximum Gasteiger partial charge on any atom is 0.312 e. The highest BCUT2D eigenvalue weighted by Crippen LogP contribution is 2.11. The van der Waals surface area contributed by atoms with E-state index in [4.69, 9.17) is 5.11 Å². The minimum atomic E-state index is -0.872. The minimum absolute atomic E-state index is 0.194. The first kappa shape index (κ1) is 10.9. The minimum Gasteiger partial charge on any atom is -0.481 e. The second kappa shape index (κ2) is 4.72. The fraction of sp³-hybridized carbons (Fsp3) is 0.444. The van der Waals surface area contributed by atoms with Crippen molar-refractivity contribution >= 4 is 5.97 Å². The fourth-order valence-corrected chi connectivity index (χ4v) is 1.06. The molecule has 0 rings (SSSR count). The Morgan fingerprint density at radius 2 is 1.92 bits per heavy atom. The molecule has 0 fully saturated rings. The molecule has 68 valence electrons. The average Bonchev–Trinajstić information content (AvgIpc) is 1.98. The maximum absolute atomic E-state index is 10.7. The predicted molar refractivity (Wildman–Crippen MR) is 49.0 cm³/mol. The van der Waals surface area contributed by atoms with E-state index in [0.29, 0.717) is 0 Å². The first-order chi connectivity index (χ1) is 5.54. The van der Waals surface area contributed by atoms with Crippen molar-refractivity contribution in [1.29, 1.82) is 0 Å². The number of hydrogen-bond donors (Lipinski definition) is 1. The summed E-state index contributed by atoms with van der Waals surface area (Å²) >= 11 is 0. The lowest BCUT2D eigenvalue weighted by Gasteiger charge is -2.24. The van der Waals surface area contributed by atoms with Gasteiger partial charge in [0.25, 0.3) is 0 Å². The molecule has 0 aromatic rings. The molecule has 2 atom stereocenters. The van der Waals surface area contributed by atoms with Crippen LogP contribution in [-0.4, -0.2) is 36.1 Å². The van der Waals surface area contributed by atoms with Gasteiger partial charge in [0.1, 0.15) is 0 Å². The Hall–Kier alpha value is -1.09.